The van der Waals surface area contributed by atoms with Crippen molar-refractivity contribution in [1.82, 2.24) is 0 Å². The van der Waals surface area contributed by atoms with E-state index in [-0.39, 0.29) is 11.7 Å². The van der Waals surface area contributed by atoms with Crippen molar-refractivity contribution in [2.24, 2.45) is 5.92 Å². The summed E-state index contributed by atoms with van der Waals surface area (Å²) in [5, 5.41) is 0. The van der Waals surface area contributed by atoms with Crippen molar-refractivity contribution in [3.8, 4) is 0 Å². The Bertz CT molecular complexity index is 446. The number of carbonyl (C=O) groups is 3. The van der Waals surface area contributed by atoms with Crippen LogP contribution < -0.4 is 0 Å². The molecular weight excluding hydrogens is 224 g/mol. The van der Waals surface area contributed by atoms with E-state index in [0.29, 0.717) is 0 Å². The summed E-state index contributed by atoms with van der Waals surface area (Å²) in [6.45, 7) is 3.00. The van der Waals surface area contributed by atoms with Crippen LogP contribution in [0.4, 0.5) is 0 Å². The van der Waals surface area contributed by atoms with Crippen molar-refractivity contribution in [1.29, 1.82) is 0 Å². The molecule has 0 aromatic heterocycles. The van der Waals surface area contributed by atoms with Gasteiger partial charge in [0, 0.05) is 18.9 Å². The molecule has 1 heterocycles. The zero-order valence-corrected chi connectivity index (χ0v) is 9.51. The van der Waals surface area contributed by atoms with Crippen molar-refractivity contribution >= 4 is 17.7 Å². The van der Waals surface area contributed by atoms with E-state index >= 15 is 0 Å². The van der Waals surface area contributed by atoms with E-state index in [1.165, 1.54) is 19.1 Å². The van der Waals surface area contributed by atoms with E-state index in [0.717, 1.165) is 5.57 Å². The Hall–Kier alpha value is -1.91. The smallest absolute Gasteiger partial charge is 0.331 e. The molecule has 0 aromatic rings. The predicted molar refractivity (Wildman–Crippen MR) is 56.8 cm³/mol. The van der Waals surface area contributed by atoms with Crippen LogP contribution in [0, 0.1) is 5.92 Å². The molecule has 2 rings (SSSR count). The molecule has 0 fully saturated rings. The molecule has 3 atom stereocenters. The summed E-state index contributed by atoms with van der Waals surface area (Å²) in [4.78, 5) is 33.9. The van der Waals surface area contributed by atoms with Crippen LogP contribution >= 0.6 is 0 Å². The molecule has 1 aliphatic heterocycles. The quantitative estimate of drug-likeness (QED) is 0.622. The van der Waals surface area contributed by atoms with Gasteiger partial charge in [0.1, 0.15) is 0 Å². The monoisotopic (exact) mass is 236 g/mol. The van der Waals surface area contributed by atoms with Gasteiger partial charge >= 0.3 is 11.9 Å². The minimum Gasteiger partial charge on any atom is -0.454 e. The molecule has 0 N–H and O–H groups in total. The lowest BCUT2D eigenvalue weighted by atomic mass is 9.83. The van der Waals surface area contributed by atoms with Crippen LogP contribution in [0.3, 0.4) is 0 Å². The highest BCUT2D eigenvalue weighted by Crippen LogP contribution is 2.31. The number of hydrogen-bond donors (Lipinski definition) is 0. The Kier molecular flexibility index (Phi) is 2.83. The first-order chi connectivity index (χ1) is 7.99. The third-order valence-electron chi connectivity index (χ3n) is 2.82. The van der Waals surface area contributed by atoms with Crippen LogP contribution in [-0.2, 0) is 23.9 Å². The van der Waals surface area contributed by atoms with Gasteiger partial charge in [0.2, 0.25) is 6.10 Å². The molecule has 0 bridgehead atoms. The van der Waals surface area contributed by atoms with E-state index in [1.807, 2.05) is 0 Å². The molecule has 0 spiro atoms. The zero-order valence-electron chi connectivity index (χ0n) is 9.51. The summed E-state index contributed by atoms with van der Waals surface area (Å²) in [5.41, 5.74) is 0.798. The highest BCUT2D eigenvalue weighted by molar-refractivity contribution is 5.97. The maximum absolute atomic E-state index is 11.6. The van der Waals surface area contributed by atoms with Gasteiger partial charge in [-0.05, 0) is 13.0 Å². The van der Waals surface area contributed by atoms with Crippen LogP contribution in [0.25, 0.3) is 0 Å². The van der Waals surface area contributed by atoms with E-state index < -0.39 is 24.1 Å². The molecule has 0 saturated carbocycles. The van der Waals surface area contributed by atoms with Crippen molar-refractivity contribution in [3.63, 3.8) is 0 Å². The maximum atomic E-state index is 11.6. The Morgan fingerprint density at radius 3 is 2.76 bits per heavy atom. The number of rotatable bonds is 1. The predicted octanol–water partition coefficient (Wildman–Crippen LogP) is 0.545. The summed E-state index contributed by atoms with van der Waals surface area (Å²) in [6, 6.07) is 0. The summed E-state index contributed by atoms with van der Waals surface area (Å²) in [5.74, 6) is -1.64. The summed E-state index contributed by atoms with van der Waals surface area (Å²) >= 11 is 0. The van der Waals surface area contributed by atoms with E-state index in [9.17, 15) is 14.4 Å². The van der Waals surface area contributed by atoms with Crippen LogP contribution in [0.2, 0.25) is 0 Å². The molecule has 17 heavy (non-hydrogen) atoms. The molecule has 5 heteroatoms. The second-order valence-electron chi connectivity index (χ2n) is 4.11. The van der Waals surface area contributed by atoms with Gasteiger partial charge in [-0.15, -0.1) is 0 Å². The third kappa shape index (κ3) is 2.13. The Morgan fingerprint density at radius 1 is 1.41 bits per heavy atom. The Balaban J connectivity index is 2.33. The fourth-order valence-corrected chi connectivity index (χ4v) is 2.05. The molecule has 0 radical (unpaired) electrons. The molecule has 0 saturated heterocycles. The number of hydrogen-bond acceptors (Lipinski definition) is 5. The average molecular weight is 236 g/mol. The average Bonchev–Trinajstić information content (AvgIpc) is 2.21. The highest BCUT2D eigenvalue weighted by Gasteiger charge is 2.43. The first-order valence-electron chi connectivity index (χ1n) is 5.27. The van der Waals surface area contributed by atoms with Gasteiger partial charge in [-0.3, -0.25) is 9.59 Å². The van der Waals surface area contributed by atoms with Gasteiger partial charge in [-0.25, -0.2) is 4.79 Å². The molecule has 1 unspecified atom stereocenters. The molecule has 0 aromatic carbocycles. The van der Waals surface area contributed by atoms with E-state index in [4.69, 9.17) is 9.47 Å². The first-order valence-corrected chi connectivity index (χ1v) is 5.27. The van der Waals surface area contributed by atoms with Gasteiger partial charge in [-0.2, -0.15) is 0 Å². The van der Waals surface area contributed by atoms with Gasteiger partial charge in [0.15, 0.2) is 11.9 Å². The van der Waals surface area contributed by atoms with Gasteiger partial charge in [0.05, 0.1) is 0 Å². The molecule has 5 nitrogen and oxygen atoms in total. The van der Waals surface area contributed by atoms with Gasteiger partial charge < -0.3 is 9.47 Å². The second-order valence-corrected chi connectivity index (χ2v) is 4.11. The van der Waals surface area contributed by atoms with Crippen molar-refractivity contribution < 1.29 is 23.9 Å². The van der Waals surface area contributed by atoms with Crippen molar-refractivity contribution in [2.45, 2.75) is 26.1 Å². The van der Waals surface area contributed by atoms with Crippen molar-refractivity contribution in [2.75, 3.05) is 0 Å². The number of carbonyl (C=O) groups excluding carboxylic acids is 3. The second kappa shape index (κ2) is 4.16. The lowest BCUT2D eigenvalue weighted by molar-refractivity contribution is -0.171. The number of ketones is 1. The van der Waals surface area contributed by atoms with Crippen LogP contribution in [-0.4, -0.2) is 29.9 Å². The number of esters is 2. The third-order valence-corrected chi connectivity index (χ3v) is 2.82. The lowest BCUT2D eigenvalue weighted by Gasteiger charge is -2.35. The molecule has 2 aliphatic rings. The summed E-state index contributed by atoms with van der Waals surface area (Å²) in [7, 11) is 0. The largest absolute Gasteiger partial charge is 0.454 e. The van der Waals surface area contributed by atoms with Crippen LogP contribution in [0.5, 0.6) is 0 Å². The fraction of sp³-hybridized carbons (Fsp3) is 0.417. The normalized spacial score (nSPS) is 31.4. The minimum atomic E-state index is -1.03. The SMILES string of the molecule is CC(=O)OC1C(=O)C=C[C@@H]2C(C)=CC(=O)O[C@H]12. The lowest BCUT2D eigenvalue weighted by Crippen LogP contribution is -2.48. The molecule has 0 amide bonds. The summed E-state index contributed by atoms with van der Waals surface area (Å²) < 4.78 is 10.0. The Labute approximate surface area is 98.1 Å². The Morgan fingerprint density at radius 2 is 2.12 bits per heavy atom. The zero-order chi connectivity index (χ0) is 12.6. The maximum Gasteiger partial charge on any atom is 0.331 e. The molecular formula is C12H12O5. The van der Waals surface area contributed by atoms with E-state index in [1.54, 1.807) is 13.0 Å². The minimum absolute atomic E-state index is 0.199. The number of fused-ring (bicyclic) bond motifs is 1. The standard InChI is InChI=1S/C12H12O5/c1-6-5-10(15)17-11-8(6)3-4-9(14)12(11)16-7(2)13/h3-5,8,11-12H,1-2H3/t8-,11+,12?/m1/s1. The topological polar surface area (TPSA) is 69.7 Å². The fourth-order valence-electron chi connectivity index (χ4n) is 2.05. The molecule has 1 aliphatic carbocycles. The molecule has 90 valence electrons. The highest BCUT2D eigenvalue weighted by atomic mass is 16.6. The van der Waals surface area contributed by atoms with Crippen molar-refractivity contribution in [3.05, 3.63) is 23.8 Å². The first kappa shape index (κ1) is 11.6. The number of ether oxygens (including phenoxy) is 2. The van der Waals surface area contributed by atoms with E-state index in [2.05, 4.69) is 0 Å². The van der Waals surface area contributed by atoms with Gasteiger partial charge in [0.25, 0.3) is 0 Å². The summed E-state index contributed by atoms with van der Waals surface area (Å²) in [6.07, 6.45) is 2.65. The van der Waals surface area contributed by atoms with Crippen LogP contribution in [0.15, 0.2) is 23.8 Å². The van der Waals surface area contributed by atoms with Crippen LogP contribution in [0.1, 0.15) is 13.8 Å². The van der Waals surface area contributed by atoms with Gasteiger partial charge in [-0.1, -0.05) is 11.6 Å².